The topological polar surface area (TPSA) is 199 Å². The van der Waals surface area contributed by atoms with E-state index < -0.39 is 27.6 Å². The van der Waals surface area contributed by atoms with Gasteiger partial charge in [0.2, 0.25) is 0 Å². The Balaban J connectivity index is 0.000000400. The molecular formula is C8H10O11P2. The van der Waals surface area contributed by atoms with Crippen LogP contribution in [0.2, 0.25) is 0 Å². The molecule has 0 aliphatic rings. The van der Waals surface area contributed by atoms with E-state index in [0.717, 1.165) is 0 Å². The van der Waals surface area contributed by atoms with Crippen LogP contribution in [0.1, 0.15) is 20.7 Å². The highest BCUT2D eigenvalue weighted by Crippen LogP contribution is 2.53. The third-order valence-electron chi connectivity index (χ3n) is 1.60. The molecule has 21 heavy (non-hydrogen) atoms. The van der Waals surface area contributed by atoms with E-state index in [9.17, 15) is 18.7 Å². The Morgan fingerprint density at radius 3 is 1.24 bits per heavy atom. The summed E-state index contributed by atoms with van der Waals surface area (Å²) in [6, 6.07) is 5.48. The highest BCUT2D eigenvalue weighted by Gasteiger charge is 2.27. The summed E-state index contributed by atoms with van der Waals surface area (Å²) in [6.45, 7) is 0. The van der Waals surface area contributed by atoms with Gasteiger partial charge >= 0.3 is 27.6 Å². The van der Waals surface area contributed by atoms with Gasteiger partial charge in [-0.15, -0.1) is 0 Å². The highest BCUT2D eigenvalue weighted by atomic mass is 31.3. The zero-order valence-electron chi connectivity index (χ0n) is 9.93. The molecule has 0 atom stereocenters. The van der Waals surface area contributed by atoms with E-state index in [1.54, 1.807) is 0 Å². The molecule has 0 spiro atoms. The lowest BCUT2D eigenvalue weighted by atomic mass is 10.1. The summed E-state index contributed by atoms with van der Waals surface area (Å²) in [6.07, 6.45) is 0. The molecule has 0 heterocycles. The molecule has 6 N–H and O–H groups in total. The molecule has 1 aromatic carbocycles. The predicted molar refractivity (Wildman–Crippen MR) is 65.5 cm³/mol. The van der Waals surface area contributed by atoms with Crippen LogP contribution < -0.4 is 0 Å². The summed E-state index contributed by atoms with van der Waals surface area (Å²) < 4.78 is 22.2. The Hall–Kier alpha value is -1.58. The van der Waals surface area contributed by atoms with Crippen LogP contribution in [-0.4, -0.2) is 41.7 Å². The quantitative estimate of drug-likeness (QED) is 0.410. The van der Waals surface area contributed by atoms with E-state index in [2.05, 4.69) is 4.31 Å². The van der Waals surface area contributed by atoms with Crippen molar-refractivity contribution in [3.63, 3.8) is 0 Å². The highest BCUT2D eigenvalue weighted by molar-refractivity contribution is 7.60. The predicted octanol–water partition coefficient (Wildman–Crippen LogP) is 0.271. The van der Waals surface area contributed by atoms with Crippen LogP contribution in [-0.2, 0) is 13.4 Å². The van der Waals surface area contributed by atoms with Crippen molar-refractivity contribution in [1.29, 1.82) is 0 Å². The normalized spacial score (nSPS) is 11.2. The molecule has 0 aliphatic carbocycles. The zero-order chi connectivity index (χ0) is 16.8. The molecule has 0 bridgehead atoms. The Labute approximate surface area is 116 Å². The molecule has 0 radical (unpaired) electrons. The maximum absolute atomic E-state index is 10.5. The largest absolute Gasteiger partial charge is 0.478 e. The van der Waals surface area contributed by atoms with Gasteiger partial charge in [0.05, 0.1) is 11.1 Å². The molecule has 11 nitrogen and oxygen atoms in total. The van der Waals surface area contributed by atoms with Crippen molar-refractivity contribution in [3.8, 4) is 0 Å². The first-order valence-corrected chi connectivity index (χ1v) is 7.77. The third kappa shape index (κ3) is 9.05. The number of phosphoric acid groups is 2. The van der Waals surface area contributed by atoms with E-state index >= 15 is 0 Å². The molecule has 0 amide bonds. The number of carboxylic acids is 2. The maximum atomic E-state index is 10.5. The number of hydrogen-bond donors (Lipinski definition) is 6. The Bertz CT molecular complexity index is 559. The summed E-state index contributed by atoms with van der Waals surface area (Å²) in [5, 5.41) is 17.1. The first-order valence-electron chi connectivity index (χ1n) is 4.71. The van der Waals surface area contributed by atoms with Gasteiger partial charge in [-0.25, -0.2) is 18.7 Å². The van der Waals surface area contributed by atoms with Crippen LogP contribution in [0.15, 0.2) is 24.3 Å². The minimum Gasteiger partial charge on any atom is -0.478 e. The van der Waals surface area contributed by atoms with E-state index in [0.29, 0.717) is 0 Å². The van der Waals surface area contributed by atoms with Crippen LogP contribution in [0, 0.1) is 0 Å². The van der Waals surface area contributed by atoms with E-state index in [-0.39, 0.29) is 11.1 Å². The van der Waals surface area contributed by atoms with Crippen molar-refractivity contribution < 1.29 is 52.8 Å². The lowest BCUT2D eigenvalue weighted by molar-refractivity contribution is 0.0651. The number of rotatable bonds is 4. The van der Waals surface area contributed by atoms with E-state index in [1.807, 2.05) is 0 Å². The van der Waals surface area contributed by atoms with E-state index in [1.165, 1.54) is 24.3 Å². The number of aromatic carboxylic acids is 2. The van der Waals surface area contributed by atoms with Gasteiger partial charge in [0, 0.05) is 0 Å². The number of carbonyl (C=O) groups is 2. The summed E-state index contributed by atoms with van der Waals surface area (Å²) in [7, 11) is -10.1. The molecule has 1 rings (SSSR count). The van der Waals surface area contributed by atoms with Crippen molar-refractivity contribution in [2.45, 2.75) is 0 Å². The van der Waals surface area contributed by atoms with Crippen molar-refractivity contribution in [1.82, 2.24) is 0 Å². The second-order valence-corrected chi connectivity index (χ2v) is 5.83. The van der Waals surface area contributed by atoms with Crippen LogP contribution in [0.5, 0.6) is 0 Å². The second kappa shape index (κ2) is 7.43. The molecule has 0 aromatic heterocycles. The fourth-order valence-electron chi connectivity index (χ4n) is 0.995. The standard InChI is InChI=1S/C8H6O4.H4O7P2/c9-7(10)5-3-1-2-4-6(5)8(11)12;1-8(2,3)7-9(4,5)6/h1-4H,(H,9,10)(H,11,12);(H2,1,2,3)(H2,4,5,6). The van der Waals surface area contributed by atoms with Crippen LogP contribution >= 0.6 is 15.6 Å². The Kier molecular flexibility index (Phi) is 6.88. The minimum atomic E-state index is -5.05. The van der Waals surface area contributed by atoms with Crippen molar-refractivity contribution in [2.24, 2.45) is 0 Å². The summed E-state index contributed by atoms with van der Waals surface area (Å²) in [5.41, 5.74) is -0.380. The lowest BCUT2D eigenvalue weighted by Crippen LogP contribution is -2.06. The summed E-state index contributed by atoms with van der Waals surface area (Å²) in [4.78, 5) is 51.9. The van der Waals surface area contributed by atoms with Gasteiger partial charge < -0.3 is 29.8 Å². The van der Waals surface area contributed by atoms with Crippen molar-refractivity contribution in [2.75, 3.05) is 0 Å². The molecule has 0 aliphatic heterocycles. The molecule has 0 saturated carbocycles. The average Bonchev–Trinajstić information content (AvgIpc) is 2.24. The number of carboxylic acid groups (broad SMARTS) is 2. The third-order valence-corrected chi connectivity index (χ3v) is 3.30. The second-order valence-electron chi connectivity index (χ2n) is 3.22. The van der Waals surface area contributed by atoms with Crippen molar-refractivity contribution in [3.05, 3.63) is 35.4 Å². The zero-order valence-corrected chi connectivity index (χ0v) is 11.7. The Morgan fingerprint density at radius 1 is 0.810 bits per heavy atom. The van der Waals surface area contributed by atoms with Crippen LogP contribution in [0.3, 0.4) is 0 Å². The number of hydrogen-bond acceptors (Lipinski definition) is 5. The molecule has 0 fully saturated rings. The molecular weight excluding hydrogens is 334 g/mol. The fraction of sp³-hybridized carbons (Fsp3) is 0. The minimum absolute atomic E-state index is 0.190. The van der Waals surface area contributed by atoms with Gasteiger partial charge in [0.15, 0.2) is 0 Å². The SMILES string of the molecule is O=C(O)c1ccccc1C(=O)O.O=P(O)(O)OP(=O)(O)O. The molecule has 13 heteroatoms. The molecule has 1 aromatic rings. The van der Waals surface area contributed by atoms with Crippen molar-refractivity contribution >= 4 is 27.6 Å². The van der Waals surface area contributed by atoms with Gasteiger partial charge in [0.1, 0.15) is 0 Å². The average molecular weight is 344 g/mol. The van der Waals surface area contributed by atoms with Gasteiger partial charge in [-0.1, -0.05) is 12.1 Å². The maximum Gasteiger partial charge on any atom is 0.478 e. The van der Waals surface area contributed by atoms with Gasteiger partial charge in [-0.2, -0.15) is 4.31 Å². The molecule has 0 unspecified atom stereocenters. The van der Waals surface area contributed by atoms with E-state index in [4.69, 9.17) is 29.8 Å². The lowest BCUT2D eigenvalue weighted by Gasteiger charge is -2.03. The monoisotopic (exact) mass is 344 g/mol. The smallest absolute Gasteiger partial charge is 0.478 e. The number of benzene rings is 1. The summed E-state index contributed by atoms with van der Waals surface area (Å²) in [5.74, 6) is -2.46. The van der Waals surface area contributed by atoms with Crippen LogP contribution in [0.25, 0.3) is 0 Å². The van der Waals surface area contributed by atoms with Gasteiger partial charge in [0.25, 0.3) is 0 Å². The molecule has 118 valence electrons. The fourth-order valence-corrected chi connectivity index (χ4v) is 2.10. The molecule has 0 saturated heterocycles. The van der Waals surface area contributed by atoms with Crippen LogP contribution in [0.4, 0.5) is 0 Å². The van der Waals surface area contributed by atoms with Gasteiger partial charge in [-0.05, 0) is 12.1 Å². The Morgan fingerprint density at radius 2 is 1.10 bits per heavy atom. The summed E-state index contributed by atoms with van der Waals surface area (Å²) >= 11 is 0. The first kappa shape index (κ1) is 19.4. The van der Waals surface area contributed by atoms with Gasteiger partial charge in [-0.3, -0.25) is 0 Å². The first-order chi connectivity index (χ1) is 9.33.